The lowest BCUT2D eigenvalue weighted by atomic mass is 10.1. The predicted molar refractivity (Wildman–Crippen MR) is 91.3 cm³/mol. The van der Waals surface area contributed by atoms with Gasteiger partial charge in [0.2, 0.25) is 0 Å². The van der Waals surface area contributed by atoms with Crippen molar-refractivity contribution in [3.63, 3.8) is 0 Å². The summed E-state index contributed by atoms with van der Waals surface area (Å²) < 4.78 is 16.1. The molecule has 0 saturated carbocycles. The van der Waals surface area contributed by atoms with Gasteiger partial charge in [-0.05, 0) is 30.7 Å². The first-order chi connectivity index (χ1) is 12.0. The maximum Gasteiger partial charge on any atom is 0.336 e. The number of rotatable bonds is 6. The molecule has 0 aliphatic heterocycles. The predicted octanol–water partition coefficient (Wildman–Crippen LogP) is 3.47. The maximum atomic E-state index is 11.4. The summed E-state index contributed by atoms with van der Waals surface area (Å²) in [4.78, 5) is 21.9. The lowest BCUT2D eigenvalue weighted by Crippen LogP contribution is -2.10. The van der Waals surface area contributed by atoms with E-state index in [1.165, 1.54) is 18.2 Å². The molecule has 0 radical (unpaired) electrons. The summed E-state index contributed by atoms with van der Waals surface area (Å²) in [7, 11) is 0. The molecule has 3 rings (SSSR count). The molecule has 0 bridgehead atoms. The Morgan fingerprint density at radius 3 is 2.64 bits per heavy atom. The minimum atomic E-state index is -0.496. The molecule has 1 aromatic heterocycles. The zero-order valence-electron chi connectivity index (χ0n) is 13.4. The Labute approximate surface area is 142 Å². The highest BCUT2D eigenvalue weighted by Gasteiger charge is 2.13. The van der Waals surface area contributed by atoms with Gasteiger partial charge in [-0.15, -0.1) is 0 Å². The number of fused-ring (bicyclic) bond motifs is 1. The van der Waals surface area contributed by atoms with Crippen molar-refractivity contribution < 1.29 is 18.8 Å². The molecular formula is C18H15NO6. The number of ether oxygens (including phenoxy) is 2. The number of hydrogen-bond acceptors (Lipinski definition) is 6. The van der Waals surface area contributed by atoms with Crippen LogP contribution in [0.1, 0.15) is 5.56 Å². The van der Waals surface area contributed by atoms with Crippen molar-refractivity contribution in [2.75, 3.05) is 13.2 Å². The van der Waals surface area contributed by atoms with E-state index in [1.807, 2.05) is 13.0 Å². The van der Waals surface area contributed by atoms with E-state index in [0.29, 0.717) is 11.3 Å². The fourth-order valence-corrected chi connectivity index (χ4v) is 2.44. The van der Waals surface area contributed by atoms with Gasteiger partial charge in [-0.2, -0.15) is 0 Å². The summed E-state index contributed by atoms with van der Waals surface area (Å²) in [5.74, 6) is 0.712. The van der Waals surface area contributed by atoms with Crippen LogP contribution in [0.25, 0.3) is 11.0 Å². The first-order valence-electron chi connectivity index (χ1n) is 7.58. The minimum Gasteiger partial charge on any atom is -0.490 e. The summed E-state index contributed by atoms with van der Waals surface area (Å²) >= 11 is 0. The zero-order valence-corrected chi connectivity index (χ0v) is 13.4. The van der Waals surface area contributed by atoms with Gasteiger partial charge < -0.3 is 13.9 Å². The molecule has 0 aliphatic carbocycles. The topological polar surface area (TPSA) is 91.8 Å². The number of benzene rings is 2. The molecule has 7 nitrogen and oxygen atoms in total. The van der Waals surface area contributed by atoms with Gasteiger partial charge in [-0.1, -0.05) is 12.1 Å². The Hall–Kier alpha value is -3.35. The van der Waals surface area contributed by atoms with Crippen LogP contribution in [0.4, 0.5) is 5.69 Å². The van der Waals surface area contributed by atoms with Crippen LogP contribution in [-0.4, -0.2) is 18.1 Å². The van der Waals surface area contributed by atoms with Crippen molar-refractivity contribution in [1.82, 2.24) is 0 Å². The van der Waals surface area contributed by atoms with Crippen molar-refractivity contribution in [1.29, 1.82) is 0 Å². The summed E-state index contributed by atoms with van der Waals surface area (Å²) in [6.45, 7) is 2.16. The Balaban J connectivity index is 1.64. The number of para-hydroxylation sites is 2. The molecule has 3 aromatic rings. The van der Waals surface area contributed by atoms with Gasteiger partial charge >= 0.3 is 11.3 Å². The van der Waals surface area contributed by atoms with Crippen molar-refractivity contribution in [3.05, 3.63) is 74.6 Å². The highest BCUT2D eigenvalue weighted by Crippen LogP contribution is 2.26. The number of nitro groups is 1. The largest absolute Gasteiger partial charge is 0.490 e. The molecule has 0 saturated heterocycles. The van der Waals surface area contributed by atoms with Gasteiger partial charge in [0.05, 0.1) is 4.92 Å². The smallest absolute Gasteiger partial charge is 0.336 e. The number of aryl methyl sites for hydroxylation is 1. The summed E-state index contributed by atoms with van der Waals surface area (Å²) in [5, 5.41) is 11.7. The Bertz CT molecular complexity index is 979. The fourth-order valence-electron chi connectivity index (χ4n) is 2.44. The molecule has 0 aliphatic rings. The third kappa shape index (κ3) is 3.77. The molecule has 0 atom stereocenters. The molecule has 0 spiro atoms. The highest BCUT2D eigenvalue weighted by atomic mass is 16.6. The van der Waals surface area contributed by atoms with Gasteiger partial charge in [0.1, 0.15) is 24.5 Å². The molecule has 25 heavy (non-hydrogen) atoms. The van der Waals surface area contributed by atoms with Crippen LogP contribution in [0.15, 0.2) is 57.7 Å². The van der Waals surface area contributed by atoms with Crippen molar-refractivity contribution in [2.45, 2.75) is 6.92 Å². The van der Waals surface area contributed by atoms with Crippen LogP contribution in [0, 0.1) is 17.0 Å². The normalized spacial score (nSPS) is 10.6. The van der Waals surface area contributed by atoms with E-state index in [0.717, 1.165) is 10.9 Å². The molecule has 2 aromatic carbocycles. The van der Waals surface area contributed by atoms with Crippen LogP contribution >= 0.6 is 0 Å². The first-order valence-corrected chi connectivity index (χ1v) is 7.58. The second-order valence-electron chi connectivity index (χ2n) is 5.33. The summed E-state index contributed by atoms with van der Waals surface area (Å²) in [6.07, 6.45) is 0. The van der Waals surface area contributed by atoms with Crippen molar-refractivity contribution in [2.24, 2.45) is 0 Å². The number of hydrogen-bond donors (Lipinski definition) is 0. The third-order valence-electron chi connectivity index (χ3n) is 3.59. The van der Waals surface area contributed by atoms with Gasteiger partial charge in [-0.25, -0.2) is 4.79 Å². The molecule has 0 N–H and O–H groups in total. The Kier molecular flexibility index (Phi) is 4.65. The summed E-state index contributed by atoms with van der Waals surface area (Å²) in [6, 6.07) is 12.8. The Morgan fingerprint density at radius 2 is 1.84 bits per heavy atom. The van der Waals surface area contributed by atoms with Crippen molar-refractivity contribution >= 4 is 16.7 Å². The van der Waals surface area contributed by atoms with Gasteiger partial charge in [0.15, 0.2) is 5.75 Å². The van der Waals surface area contributed by atoms with E-state index in [-0.39, 0.29) is 24.7 Å². The second kappa shape index (κ2) is 7.04. The molecule has 0 fully saturated rings. The van der Waals surface area contributed by atoms with E-state index in [1.54, 1.807) is 24.3 Å². The number of nitro benzene ring substituents is 1. The average molecular weight is 341 g/mol. The minimum absolute atomic E-state index is 0.0922. The first kappa shape index (κ1) is 16.5. The van der Waals surface area contributed by atoms with Crippen LogP contribution in [0.2, 0.25) is 0 Å². The standard InChI is InChI=1S/C18H15NO6/c1-12-10-18(20)25-17-11-13(6-7-14(12)17)23-8-9-24-16-5-3-2-4-15(16)19(21)22/h2-7,10-11H,8-9H2,1H3. The van der Waals surface area contributed by atoms with Crippen LogP contribution < -0.4 is 15.1 Å². The third-order valence-corrected chi connectivity index (χ3v) is 3.59. The quantitative estimate of drug-likeness (QED) is 0.295. The number of nitrogens with zero attached hydrogens (tertiary/aromatic N) is 1. The Morgan fingerprint density at radius 1 is 1.08 bits per heavy atom. The van der Waals surface area contributed by atoms with Gasteiger partial charge in [0, 0.05) is 23.6 Å². The SMILES string of the molecule is Cc1cc(=O)oc2cc(OCCOc3ccccc3[N+](=O)[O-])ccc12. The van der Waals surface area contributed by atoms with E-state index in [2.05, 4.69) is 0 Å². The lowest BCUT2D eigenvalue weighted by Gasteiger charge is -2.09. The average Bonchev–Trinajstić information content (AvgIpc) is 2.58. The lowest BCUT2D eigenvalue weighted by molar-refractivity contribution is -0.385. The van der Waals surface area contributed by atoms with E-state index < -0.39 is 10.5 Å². The maximum absolute atomic E-state index is 11.4. The summed E-state index contributed by atoms with van der Waals surface area (Å²) in [5.41, 5.74) is 0.770. The molecule has 0 amide bonds. The van der Waals surface area contributed by atoms with E-state index in [4.69, 9.17) is 13.9 Å². The van der Waals surface area contributed by atoms with Crippen LogP contribution in [0.5, 0.6) is 11.5 Å². The zero-order chi connectivity index (χ0) is 17.8. The molecule has 0 unspecified atom stereocenters. The van der Waals surface area contributed by atoms with E-state index >= 15 is 0 Å². The molecular weight excluding hydrogens is 326 g/mol. The monoisotopic (exact) mass is 341 g/mol. The highest BCUT2D eigenvalue weighted by molar-refractivity contribution is 5.81. The van der Waals surface area contributed by atoms with Crippen LogP contribution in [0.3, 0.4) is 0 Å². The van der Waals surface area contributed by atoms with Gasteiger partial charge in [0.25, 0.3) is 0 Å². The second-order valence-corrected chi connectivity index (χ2v) is 5.33. The van der Waals surface area contributed by atoms with Crippen LogP contribution in [-0.2, 0) is 0 Å². The molecule has 1 heterocycles. The van der Waals surface area contributed by atoms with Gasteiger partial charge in [-0.3, -0.25) is 10.1 Å². The fraction of sp³-hybridized carbons (Fsp3) is 0.167. The van der Waals surface area contributed by atoms with E-state index in [9.17, 15) is 14.9 Å². The van der Waals surface area contributed by atoms with Crippen molar-refractivity contribution in [3.8, 4) is 11.5 Å². The molecule has 128 valence electrons. The molecule has 7 heteroatoms.